The van der Waals surface area contributed by atoms with Crippen molar-refractivity contribution in [2.75, 3.05) is 6.61 Å². The van der Waals surface area contributed by atoms with E-state index in [2.05, 4.69) is 13.0 Å². The van der Waals surface area contributed by atoms with Gasteiger partial charge >= 0.3 is 0 Å². The molecule has 0 saturated heterocycles. The van der Waals surface area contributed by atoms with Gasteiger partial charge in [0.15, 0.2) is 0 Å². The zero-order valence-corrected chi connectivity index (χ0v) is 6.64. The lowest BCUT2D eigenvalue weighted by molar-refractivity contribution is 0.236. The molecule has 0 bridgehead atoms. The van der Waals surface area contributed by atoms with Gasteiger partial charge in [0.1, 0.15) is 0 Å². The Balaban J connectivity index is 2.23. The standard InChI is InChI=1S/C9H16O/c1-8(7-10)6-9-4-2-3-5-9/h4,8,10H,2-3,5-7H2,1H3. The second kappa shape index (κ2) is 3.77. The third kappa shape index (κ3) is 2.14. The van der Waals surface area contributed by atoms with E-state index in [1.807, 2.05) is 0 Å². The minimum atomic E-state index is 0.331. The lowest BCUT2D eigenvalue weighted by atomic mass is 10.0. The quantitative estimate of drug-likeness (QED) is 0.595. The maximum Gasteiger partial charge on any atom is 0.0459 e. The number of hydrogen-bond donors (Lipinski definition) is 1. The predicted molar refractivity (Wildman–Crippen MR) is 42.8 cm³/mol. The van der Waals surface area contributed by atoms with Crippen molar-refractivity contribution < 1.29 is 5.11 Å². The van der Waals surface area contributed by atoms with Gasteiger partial charge in [-0.25, -0.2) is 0 Å². The molecule has 1 unspecified atom stereocenters. The molecule has 1 N–H and O–H groups in total. The average Bonchev–Trinajstić information content (AvgIpc) is 2.40. The van der Waals surface area contributed by atoms with Crippen LogP contribution in [0.5, 0.6) is 0 Å². The lowest BCUT2D eigenvalue weighted by Gasteiger charge is -2.07. The monoisotopic (exact) mass is 140 g/mol. The van der Waals surface area contributed by atoms with Crippen LogP contribution in [0.25, 0.3) is 0 Å². The third-order valence-electron chi connectivity index (χ3n) is 2.06. The maximum absolute atomic E-state index is 8.77. The van der Waals surface area contributed by atoms with Crippen molar-refractivity contribution in [3.05, 3.63) is 11.6 Å². The molecule has 0 fully saturated rings. The lowest BCUT2D eigenvalue weighted by Crippen LogP contribution is -2.00. The first kappa shape index (κ1) is 7.80. The molecule has 0 heterocycles. The van der Waals surface area contributed by atoms with Crippen LogP contribution in [0.1, 0.15) is 32.6 Å². The minimum Gasteiger partial charge on any atom is -0.396 e. The Morgan fingerprint density at radius 3 is 3.00 bits per heavy atom. The molecule has 0 aliphatic heterocycles. The third-order valence-corrected chi connectivity index (χ3v) is 2.06. The van der Waals surface area contributed by atoms with Gasteiger partial charge in [-0.2, -0.15) is 0 Å². The van der Waals surface area contributed by atoms with Crippen molar-refractivity contribution in [2.24, 2.45) is 5.92 Å². The molecule has 0 spiro atoms. The Labute approximate surface area is 62.8 Å². The van der Waals surface area contributed by atoms with Crippen LogP contribution in [0.3, 0.4) is 0 Å². The van der Waals surface area contributed by atoms with E-state index < -0.39 is 0 Å². The molecule has 0 aromatic carbocycles. The molecule has 0 aromatic rings. The summed E-state index contributed by atoms with van der Waals surface area (Å²) in [5.74, 6) is 0.462. The van der Waals surface area contributed by atoms with Gasteiger partial charge in [-0.05, 0) is 31.6 Å². The normalized spacial score (nSPS) is 20.8. The van der Waals surface area contributed by atoms with Gasteiger partial charge < -0.3 is 5.11 Å². The van der Waals surface area contributed by atoms with Crippen LogP contribution < -0.4 is 0 Å². The average molecular weight is 140 g/mol. The van der Waals surface area contributed by atoms with Crippen LogP contribution in [0, 0.1) is 5.92 Å². The minimum absolute atomic E-state index is 0.331. The Kier molecular flexibility index (Phi) is 2.94. The molecule has 1 aliphatic carbocycles. The van der Waals surface area contributed by atoms with E-state index in [1.54, 1.807) is 5.57 Å². The van der Waals surface area contributed by atoms with Crippen molar-refractivity contribution in [1.29, 1.82) is 0 Å². The van der Waals surface area contributed by atoms with E-state index >= 15 is 0 Å². The van der Waals surface area contributed by atoms with Crippen molar-refractivity contribution in [2.45, 2.75) is 32.6 Å². The highest BCUT2D eigenvalue weighted by atomic mass is 16.3. The number of aliphatic hydroxyl groups excluding tert-OH is 1. The maximum atomic E-state index is 8.77. The summed E-state index contributed by atoms with van der Waals surface area (Å²) in [5, 5.41) is 8.77. The predicted octanol–water partition coefficient (Wildman–Crippen LogP) is 2.12. The van der Waals surface area contributed by atoms with E-state index in [0.717, 1.165) is 6.42 Å². The Hall–Kier alpha value is -0.300. The Bertz CT molecular complexity index is 127. The second-order valence-electron chi connectivity index (χ2n) is 3.25. The molecular formula is C9H16O. The molecule has 0 aromatic heterocycles. The second-order valence-corrected chi connectivity index (χ2v) is 3.25. The fraction of sp³-hybridized carbons (Fsp3) is 0.778. The van der Waals surface area contributed by atoms with Gasteiger partial charge in [-0.15, -0.1) is 0 Å². The molecule has 0 saturated carbocycles. The number of hydrogen-bond acceptors (Lipinski definition) is 1. The molecular weight excluding hydrogens is 124 g/mol. The van der Waals surface area contributed by atoms with Crippen LogP contribution in [-0.2, 0) is 0 Å². The van der Waals surface area contributed by atoms with Gasteiger partial charge in [0.05, 0.1) is 0 Å². The first-order valence-electron chi connectivity index (χ1n) is 4.11. The summed E-state index contributed by atoms with van der Waals surface area (Å²) >= 11 is 0. The van der Waals surface area contributed by atoms with E-state index in [1.165, 1.54) is 19.3 Å². The van der Waals surface area contributed by atoms with Crippen LogP contribution in [0.15, 0.2) is 11.6 Å². The van der Waals surface area contributed by atoms with Gasteiger partial charge in [-0.1, -0.05) is 18.6 Å². The smallest absolute Gasteiger partial charge is 0.0459 e. The number of allylic oxidation sites excluding steroid dienone is 2. The van der Waals surface area contributed by atoms with Gasteiger partial charge in [0.2, 0.25) is 0 Å². The SMILES string of the molecule is CC(CO)CC1=CCCC1. The van der Waals surface area contributed by atoms with Crippen LogP contribution in [0.4, 0.5) is 0 Å². The van der Waals surface area contributed by atoms with Crippen LogP contribution >= 0.6 is 0 Å². The summed E-state index contributed by atoms with van der Waals surface area (Å²) in [6, 6.07) is 0. The molecule has 1 atom stereocenters. The summed E-state index contributed by atoms with van der Waals surface area (Å²) < 4.78 is 0. The highest BCUT2D eigenvalue weighted by Gasteiger charge is 2.07. The van der Waals surface area contributed by atoms with Crippen LogP contribution in [-0.4, -0.2) is 11.7 Å². The topological polar surface area (TPSA) is 20.2 Å². The molecule has 1 heteroatoms. The molecule has 58 valence electrons. The molecule has 1 nitrogen and oxygen atoms in total. The zero-order valence-electron chi connectivity index (χ0n) is 6.64. The molecule has 10 heavy (non-hydrogen) atoms. The van der Waals surface area contributed by atoms with Crippen molar-refractivity contribution in [3.8, 4) is 0 Å². The van der Waals surface area contributed by atoms with E-state index in [0.29, 0.717) is 12.5 Å². The van der Waals surface area contributed by atoms with E-state index in [-0.39, 0.29) is 0 Å². The molecule has 1 rings (SSSR count). The van der Waals surface area contributed by atoms with Gasteiger partial charge in [-0.3, -0.25) is 0 Å². The summed E-state index contributed by atoms with van der Waals surface area (Å²) in [6.45, 7) is 2.43. The first-order valence-corrected chi connectivity index (χ1v) is 4.11. The van der Waals surface area contributed by atoms with Crippen molar-refractivity contribution in [1.82, 2.24) is 0 Å². The summed E-state index contributed by atoms with van der Waals surface area (Å²) in [5.41, 5.74) is 1.56. The van der Waals surface area contributed by atoms with Crippen LogP contribution in [0.2, 0.25) is 0 Å². The summed E-state index contributed by atoms with van der Waals surface area (Å²) in [7, 11) is 0. The largest absolute Gasteiger partial charge is 0.396 e. The number of aliphatic hydroxyl groups is 1. The Morgan fingerprint density at radius 2 is 2.50 bits per heavy atom. The van der Waals surface area contributed by atoms with Gasteiger partial charge in [0.25, 0.3) is 0 Å². The van der Waals surface area contributed by atoms with Gasteiger partial charge in [0, 0.05) is 6.61 Å². The highest BCUT2D eigenvalue weighted by molar-refractivity contribution is 5.07. The molecule has 0 radical (unpaired) electrons. The fourth-order valence-electron chi connectivity index (χ4n) is 1.43. The molecule has 1 aliphatic rings. The zero-order chi connectivity index (χ0) is 7.40. The summed E-state index contributed by atoms with van der Waals surface area (Å²) in [4.78, 5) is 0. The van der Waals surface area contributed by atoms with E-state index in [4.69, 9.17) is 5.11 Å². The van der Waals surface area contributed by atoms with Crippen molar-refractivity contribution in [3.63, 3.8) is 0 Å². The van der Waals surface area contributed by atoms with E-state index in [9.17, 15) is 0 Å². The van der Waals surface area contributed by atoms with Crippen molar-refractivity contribution >= 4 is 0 Å². The molecule has 0 amide bonds. The first-order chi connectivity index (χ1) is 4.83. The Morgan fingerprint density at radius 1 is 1.70 bits per heavy atom. The highest BCUT2D eigenvalue weighted by Crippen LogP contribution is 2.23. The summed E-state index contributed by atoms with van der Waals surface area (Å²) in [6.07, 6.45) is 7.29. The number of rotatable bonds is 3. The fourth-order valence-corrected chi connectivity index (χ4v) is 1.43.